The summed E-state index contributed by atoms with van der Waals surface area (Å²) in [4.78, 5) is 15.8. The van der Waals surface area contributed by atoms with Crippen LogP contribution in [0.5, 0.6) is 0 Å². The zero-order valence-corrected chi connectivity index (χ0v) is 12.1. The summed E-state index contributed by atoms with van der Waals surface area (Å²) in [5.74, 6) is 0.560. The average Bonchev–Trinajstić information content (AvgIpc) is 2.40. The van der Waals surface area contributed by atoms with Crippen LogP contribution in [-0.4, -0.2) is 10.9 Å². The van der Waals surface area contributed by atoms with Gasteiger partial charge in [0.25, 0.3) is 0 Å². The highest BCUT2D eigenvalue weighted by atomic mass is 19.1. The number of amides is 1. The number of carbonyl (C=O) groups excluding carboxylic acids is 1. The van der Waals surface area contributed by atoms with Gasteiger partial charge in [-0.2, -0.15) is 0 Å². The van der Waals surface area contributed by atoms with Crippen molar-refractivity contribution < 1.29 is 9.18 Å². The van der Waals surface area contributed by atoms with Crippen LogP contribution in [0, 0.1) is 11.7 Å². The van der Waals surface area contributed by atoms with Gasteiger partial charge in [-0.05, 0) is 36.2 Å². The van der Waals surface area contributed by atoms with Gasteiger partial charge in [0, 0.05) is 12.1 Å². The summed E-state index contributed by atoms with van der Waals surface area (Å²) in [6.45, 7) is 3.98. The Morgan fingerprint density at radius 3 is 2.67 bits per heavy atom. The van der Waals surface area contributed by atoms with Gasteiger partial charge in [-0.15, -0.1) is 0 Å². The second kappa shape index (κ2) is 6.83. The van der Waals surface area contributed by atoms with Crippen LogP contribution >= 0.6 is 0 Å². The molecule has 0 aliphatic rings. The number of aromatic nitrogens is 1. The molecule has 5 heteroatoms. The number of rotatable bonds is 5. The third-order valence-corrected chi connectivity index (χ3v) is 2.74. The molecule has 1 heterocycles. The van der Waals surface area contributed by atoms with E-state index in [9.17, 15) is 9.18 Å². The quantitative estimate of drug-likeness (QED) is 0.875. The predicted molar refractivity (Wildman–Crippen MR) is 82.0 cm³/mol. The van der Waals surface area contributed by atoms with Gasteiger partial charge in [0.1, 0.15) is 11.6 Å². The van der Waals surface area contributed by atoms with E-state index in [0.29, 0.717) is 29.5 Å². The third kappa shape index (κ3) is 4.87. The van der Waals surface area contributed by atoms with Crippen LogP contribution in [0.15, 0.2) is 42.6 Å². The molecule has 0 aliphatic heterocycles. The Morgan fingerprint density at radius 2 is 2.05 bits per heavy atom. The lowest BCUT2D eigenvalue weighted by molar-refractivity contribution is -0.116. The molecule has 4 nitrogen and oxygen atoms in total. The van der Waals surface area contributed by atoms with Gasteiger partial charge in [-0.25, -0.2) is 9.37 Å². The zero-order chi connectivity index (χ0) is 15.2. The van der Waals surface area contributed by atoms with Gasteiger partial charge in [0.2, 0.25) is 5.91 Å². The first-order valence-electron chi connectivity index (χ1n) is 6.81. The Bertz CT molecular complexity index is 611. The van der Waals surface area contributed by atoms with Crippen molar-refractivity contribution in [2.75, 3.05) is 10.6 Å². The minimum absolute atomic E-state index is 0.0300. The van der Waals surface area contributed by atoms with Crippen LogP contribution in [0.1, 0.15) is 20.3 Å². The van der Waals surface area contributed by atoms with Crippen molar-refractivity contribution in [3.05, 3.63) is 48.4 Å². The molecule has 0 unspecified atom stereocenters. The van der Waals surface area contributed by atoms with Crippen molar-refractivity contribution in [3.63, 3.8) is 0 Å². The molecule has 1 aromatic heterocycles. The fourth-order valence-electron chi connectivity index (χ4n) is 1.84. The van der Waals surface area contributed by atoms with E-state index in [1.807, 2.05) is 13.8 Å². The van der Waals surface area contributed by atoms with E-state index in [4.69, 9.17) is 0 Å². The molecule has 0 spiro atoms. The average molecular weight is 287 g/mol. The first-order valence-corrected chi connectivity index (χ1v) is 6.81. The second-order valence-corrected chi connectivity index (χ2v) is 5.21. The zero-order valence-electron chi connectivity index (χ0n) is 12.1. The molecular formula is C16H18FN3O. The monoisotopic (exact) mass is 287 g/mol. The molecule has 0 atom stereocenters. The number of halogens is 1. The number of hydrogen-bond acceptors (Lipinski definition) is 3. The predicted octanol–water partition coefficient (Wildman–Crippen LogP) is 3.95. The number of anilines is 3. The lowest BCUT2D eigenvalue weighted by Gasteiger charge is -2.09. The normalized spacial score (nSPS) is 10.5. The van der Waals surface area contributed by atoms with Crippen molar-refractivity contribution in [1.82, 2.24) is 4.98 Å². The van der Waals surface area contributed by atoms with E-state index < -0.39 is 0 Å². The molecule has 0 radical (unpaired) electrons. The van der Waals surface area contributed by atoms with E-state index in [0.717, 1.165) is 0 Å². The Labute approximate surface area is 123 Å². The molecular weight excluding hydrogens is 269 g/mol. The van der Waals surface area contributed by atoms with Crippen LogP contribution in [-0.2, 0) is 4.79 Å². The number of nitrogens with one attached hydrogen (secondary N) is 2. The summed E-state index contributed by atoms with van der Waals surface area (Å²) >= 11 is 0. The molecule has 0 fully saturated rings. The first kappa shape index (κ1) is 15.0. The molecule has 21 heavy (non-hydrogen) atoms. The lowest BCUT2D eigenvalue weighted by Crippen LogP contribution is -2.13. The minimum atomic E-state index is -0.308. The van der Waals surface area contributed by atoms with Gasteiger partial charge in [0.15, 0.2) is 0 Å². The van der Waals surface area contributed by atoms with Crippen LogP contribution < -0.4 is 10.6 Å². The smallest absolute Gasteiger partial charge is 0.224 e. The summed E-state index contributed by atoms with van der Waals surface area (Å²) in [7, 11) is 0. The Hall–Kier alpha value is -2.43. The van der Waals surface area contributed by atoms with E-state index in [1.54, 1.807) is 30.5 Å². The molecule has 110 valence electrons. The molecule has 2 N–H and O–H groups in total. The summed E-state index contributed by atoms with van der Waals surface area (Å²) in [6, 6.07) is 9.63. The fraction of sp³-hybridized carbons (Fsp3) is 0.250. The van der Waals surface area contributed by atoms with Crippen LogP contribution in [0.2, 0.25) is 0 Å². The molecule has 2 rings (SSSR count). The molecule has 1 amide bonds. The Kier molecular flexibility index (Phi) is 4.87. The highest BCUT2D eigenvalue weighted by Gasteiger charge is 2.05. The van der Waals surface area contributed by atoms with Gasteiger partial charge in [-0.1, -0.05) is 19.9 Å². The van der Waals surface area contributed by atoms with E-state index >= 15 is 0 Å². The number of pyridine rings is 1. The number of carbonyl (C=O) groups is 1. The van der Waals surface area contributed by atoms with Gasteiger partial charge >= 0.3 is 0 Å². The van der Waals surface area contributed by atoms with E-state index in [-0.39, 0.29) is 11.7 Å². The van der Waals surface area contributed by atoms with Gasteiger partial charge < -0.3 is 10.6 Å². The lowest BCUT2D eigenvalue weighted by atomic mass is 10.1. The molecule has 1 aromatic carbocycles. The van der Waals surface area contributed by atoms with Crippen LogP contribution in [0.3, 0.4) is 0 Å². The molecule has 0 aliphatic carbocycles. The topological polar surface area (TPSA) is 54.0 Å². The maximum Gasteiger partial charge on any atom is 0.224 e. The SMILES string of the molecule is CC(C)CC(=O)Nc1ccc(Nc2cccc(F)c2)nc1. The third-order valence-electron chi connectivity index (χ3n) is 2.74. The Balaban J connectivity index is 1.97. The fourth-order valence-corrected chi connectivity index (χ4v) is 1.84. The first-order chi connectivity index (χ1) is 10.0. The molecule has 2 aromatic rings. The number of hydrogen-bond donors (Lipinski definition) is 2. The molecule has 0 saturated carbocycles. The van der Waals surface area contributed by atoms with Gasteiger partial charge in [0.05, 0.1) is 11.9 Å². The van der Waals surface area contributed by atoms with Crippen molar-refractivity contribution in [2.45, 2.75) is 20.3 Å². The van der Waals surface area contributed by atoms with Crippen molar-refractivity contribution >= 4 is 23.1 Å². The summed E-state index contributed by atoms with van der Waals surface area (Å²) in [5, 5.41) is 5.78. The highest BCUT2D eigenvalue weighted by Crippen LogP contribution is 2.17. The maximum absolute atomic E-state index is 13.1. The number of benzene rings is 1. The molecule has 0 saturated heterocycles. The van der Waals surface area contributed by atoms with Gasteiger partial charge in [-0.3, -0.25) is 4.79 Å². The summed E-state index contributed by atoms with van der Waals surface area (Å²) in [5.41, 5.74) is 1.27. The Morgan fingerprint density at radius 1 is 1.24 bits per heavy atom. The van der Waals surface area contributed by atoms with Crippen LogP contribution in [0.4, 0.5) is 21.6 Å². The number of nitrogens with zero attached hydrogens (tertiary/aromatic N) is 1. The van der Waals surface area contributed by atoms with E-state index in [1.165, 1.54) is 12.1 Å². The van der Waals surface area contributed by atoms with Crippen molar-refractivity contribution in [2.24, 2.45) is 5.92 Å². The summed E-state index contributed by atoms with van der Waals surface area (Å²) in [6.07, 6.45) is 2.04. The standard InChI is InChI=1S/C16H18FN3O/c1-11(2)8-16(21)20-14-6-7-15(18-10-14)19-13-5-3-4-12(17)9-13/h3-7,9-11H,8H2,1-2H3,(H,18,19)(H,20,21). The molecule has 0 bridgehead atoms. The highest BCUT2D eigenvalue weighted by molar-refractivity contribution is 5.90. The minimum Gasteiger partial charge on any atom is -0.340 e. The van der Waals surface area contributed by atoms with Crippen molar-refractivity contribution in [3.8, 4) is 0 Å². The van der Waals surface area contributed by atoms with Crippen LogP contribution in [0.25, 0.3) is 0 Å². The summed E-state index contributed by atoms with van der Waals surface area (Å²) < 4.78 is 13.1. The van der Waals surface area contributed by atoms with E-state index in [2.05, 4.69) is 15.6 Å². The second-order valence-electron chi connectivity index (χ2n) is 5.21. The van der Waals surface area contributed by atoms with Crippen molar-refractivity contribution in [1.29, 1.82) is 0 Å². The maximum atomic E-state index is 13.1. The largest absolute Gasteiger partial charge is 0.340 e.